The Bertz CT molecular complexity index is 813. The lowest BCUT2D eigenvalue weighted by Crippen LogP contribution is -2.24. The van der Waals surface area contributed by atoms with E-state index in [-0.39, 0.29) is 35.0 Å². The molecule has 1 aliphatic heterocycles. The highest BCUT2D eigenvalue weighted by Crippen LogP contribution is 2.31. The molecule has 0 aliphatic carbocycles. The molecule has 0 aromatic carbocycles. The summed E-state index contributed by atoms with van der Waals surface area (Å²) in [5, 5.41) is 20.4. The summed E-state index contributed by atoms with van der Waals surface area (Å²) in [6, 6.07) is 0. The average molecular weight is 336 g/mol. The Morgan fingerprint density at radius 2 is 2.29 bits per heavy atom. The molecule has 2 aromatic heterocycles. The number of ether oxygens (including phenoxy) is 1. The van der Waals surface area contributed by atoms with E-state index in [0.29, 0.717) is 6.42 Å². The zero-order chi connectivity index (χ0) is 17.4. The third-order valence-corrected chi connectivity index (χ3v) is 3.96. The summed E-state index contributed by atoms with van der Waals surface area (Å²) in [6.45, 7) is 5.42. The summed E-state index contributed by atoms with van der Waals surface area (Å²) in [5.74, 6) is -0.534. The molecular formula is C14H20N6O4. The number of H-pyrrole nitrogens is 1. The molecule has 130 valence electrons. The molecule has 3 N–H and O–H groups in total. The topological polar surface area (TPSA) is 135 Å². The number of fused-ring (bicyclic) bond motifs is 1. The Hall–Kier alpha value is -2.33. The van der Waals surface area contributed by atoms with Gasteiger partial charge in [-0.3, -0.25) is 19.9 Å². The lowest BCUT2D eigenvalue weighted by atomic mass is 10.1. The van der Waals surface area contributed by atoms with Crippen LogP contribution in [0.5, 0.6) is 0 Å². The average Bonchev–Trinajstić information content (AvgIpc) is 3.10. The van der Waals surface area contributed by atoms with Crippen molar-refractivity contribution in [2.24, 2.45) is 5.92 Å². The van der Waals surface area contributed by atoms with E-state index in [1.807, 2.05) is 6.92 Å². The molecule has 10 heteroatoms. The first-order valence-electron chi connectivity index (χ1n) is 7.90. The standard InChI is InChI=1S/C14H20N6O4/c1-4-7-5-8(21)13(24-7)20-10-9(18-19-20)12(23)17-14(15-10)16-11(22)6(2)3/h6-8,13,21H,4-5H2,1-3H3,(H2,15,16,17,22,23)/t7-,8+,13-/m1/s1. The first-order valence-corrected chi connectivity index (χ1v) is 7.90. The highest BCUT2D eigenvalue weighted by molar-refractivity contribution is 5.90. The minimum atomic E-state index is -0.769. The molecule has 0 radical (unpaired) electrons. The van der Waals surface area contributed by atoms with Gasteiger partial charge in [-0.25, -0.2) is 0 Å². The highest BCUT2D eigenvalue weighted by Gasteiger charge is 2.36. The minimum absolute atomic E-state index is 0.00859. The van der Waals surface area contributed by atoms with Crippen molar-refractivity contribution in [1.29, 1.82) is 0 Å². The molecule has 24 heavy (non-hydrogen) atoms. The van der Waals surface area contributed by atoms with Gasteiger partial charge in [0.15, 0.2) is 17.4 Å². The van der Waals surface area contributed by atoms with Crippen LogP contribution in [0.4, 0.5) is 5.95 Å². The van der Waals surface area contributed by atoms with Gasteiger partial charge in [-0.1, -0.05) is 26.0 Å². The van der Waals surface area contributed by atoms with Crippen LogP contribution in [0.3, 0.4) is 0 Å². The van der Waals surface area contributed by atoms with Crippen molar-refractivity contribution >= 4 is 23.0 Å². The monoisotopic (exact) mass is 336 g/mol. The van der Waals surface area contributed by atoms with E-state index in [1.54, 1.807) is 13.8 Å². The molecule has 0 bridgehead atoms. The van der Waals surface area contributed by atoms with Gasteiger partial charge in [-0.05, 0) is 6.42 Å². The molecule has 2 aromatic rings. The van der Waals surface area contributed by atoms with Crippen molar-refractivity contribution in [2.75, 3.05) is 5.32 Å². The van der Waals surface area contributed by atoms with E-state index in [0.717, 1.165) is 6.42 Å². The van der Waals surface area contributed by atoms with Crippen LogP contribution < -0.4 is 10.9 Å². The van der Waals surface area contributed by atoms with Gasteiger partial charge >= 0.3 is 0 Å². The molecular weight excluding hydrogens is 316 g/mol. The minimum Gasteiger partial charge on any atom is -0.388 e. The van der Waals surface area contributed by atoms with Crippen LogP contribution in [-0.2, 0) is 9.53 Å². The number of rotatable bonds is 4. The summed E-state index contributed by atoms with van der Waals surface area (Å²) in [4.78, 5) is 30.6. The zero-order valence-electron chi connectivity index (χ0n) is 13.7. The third-order valence-electron chi connectivity index (χ3n) is 3.96. The highest BCUT2D eigenvalue weighted by atomic mass is 16.5. The molecule has 0 spiro atoms. The predicted molar refractivity (Wildman–Crippen MR) is 84.2 cm³/mol. The third kappa shape index (κ3) is 2.89. The number of amides is 1. The summed E-state index contributed by atoms with van der Waals surface area (Å²) >= 11 is 0. The molecule has 1 saturated heterocycles. The molecule has 10 nitrogen and oxygen atoms in total. The molecule has 1 fully saturated rings. The molecule has 3 atom stereocenters. The van der Waals surface area contributed by atoms with Gasteiger partial charge in [0.1, 0.15) is 6.10 Å². The lowest BCUT2D eigenvalue weighted by Gasteiger charge is -2.15. The summed E-state index contributed by atoms with van der Waals surface area (Å²) in [6.07, 6.45) is -0.393. The molecule has 1 aliphatic rings. The van der Waals surface area contributed by atoms with Gasteiger partial charge in [-0.2, -0.15) is 9.67 Å². The summed E-state index contributed by atoms with van der Waals surface area (Å²) in [5.41, 5.74) is -0.350. The van der Waals surface area contributed by atoms with Crippen molar-refractivity contribution in [1.82, 2.24) is 25.0 Å². The normalized spacial score (nSPS) is 24.0. The van der Waals surface area contributed by atoms with Gasteiger partial charge in [0.2, 0.25) is 11.9 Å². The van der Waals surface area contributed by atoms with E-state index in [4.69, 9.17) is 4.74 Å². The fourth-order valence-electron chi connectivity index (χ4n) is 2.54. The van der Waals surface area contributed by atoms with E-state index < -0.39 is 17.9 Å². The predicted octanol–water partition coefficient (Wildman–Crippen LogP) is 0.167. The number of nitrogens with zero attached hydrogens (tertiary/aromatic N) is 4. The van der Waals surface area contributed by atoms with Crippen LogP contribution in [0.2, 0.25) is 0 Å². The van der Waals surface area contributed by atoms with E-state index in [9.17, 15) is 14.7 Å². The van der Waals surface area contributed by atoms with Crippen LogP contribution in [0, 0.1) is 5.92 Å². The Morgan fingerprint density at radius 3 is 2.92 bits per heavy atom. The second kappa shape index (κ2) is 6.29. The zero-order valence-corrected chi connectivity index (χ0v) is 13.7. The number of aliphatic hydroxyl groups is 1. The van der Waals surface area contributed by atoms with Gasteiger partial charge < -0.3 is 9.84 Å². The Labute approximate surface area is 137 Å². The second-order valence-corrected chi connectivity index (χ2v) is 6.12. The van der Waals surface area contributed by atoms with Crippen LogP contribution in [-0.4, -0.2) is 48.2 Å². The van der Waals surface area contributed by atoms with E-state index in [2.05, 4.69) is 25.6 Å². The molecule has 1 amide bonds. The lowest BCUT2D eigenvalue weighted by molar-refractivity contribution is -0.118. The van der Waals surface area contributed by atoms with Crippen molar-refractivity contribution in [2.45, 2.75) is 52.0 Å². The first kappa shape index (κ1) is 16.5. The van der Waals surface area contributed by atoms with Crippen LogP contribution in [0.15, 0.2) is 4.79 Å². The Morgan fingerprint density at radius 1 is 1.54 bits per heavy atom. The first-order chi connectivity index (χ1) is 11.4. The van der Waals surface area contributed by atoms with Crippen molar-refractivity contribution in [3.05, 3.63) is 10.4 Å². The smallest absolute Gasteiger partial charge is 0.282 e. The van der Waals surface area contributed by atoms with E-state index in [1.165, 1.54) is 4.68 Å². The van der Waals surface area contributed by atoms with Gasteiger partial charge in [0, 0.05) is 12.3 Å². The number of aromatic nitrogens is 5. The second-order valence-electron chi connectivity index (χ2n) is 6.12. The maximum Gasteiger partial charge on any atom is 0.282 e. The molecule has 3 heterocycles. The van der Waals surface area contributed by atoms with Gasteiger partial charge in [0.25, 0.3) is 5.56 Å². The maximum atomic E-state index is 12.1. The Kier molecular flexibility index (Phi) is 4.33. The van der Waals surface area contributed by atoms with E-state index >= 15 is 0 Å². The SMILES string of the molecule is CC[C@@H]1C[C@H](O)[C@H](n2nnc3c(=O)[nH]c(NC(=O)C(C)C)nc32)O1. The van der Waals surface area contributed by atoms with Crippen LogP contribution >= 0.6 is 0 Å². The number of aliphatic hydroxyl groups excluding tert-OH is 1. The van der Waals surface area contributed by atoms with Crippen molar-refractivity contribution < 1.29 is 14.6 Å². The Balaban J connectivity index is 2.00. The summed E-state index contributed by atoms with van der Waals surface area (Å²) < 4.78 is 7.03. The number of carbonyl (C=O) groups excluding carboxylic acids is 1. The fourth-order valence-corrected chi connectivity index (χ4v) is 2.54. The number of anilines is 1. The number of nitrogens with one attached hydrogen (secondary N) is 2. The van der Waals surface area contributed by atoms with Crippen LogP contribution in [0.25, 0.3) is 11.2 Å². The number of aromatic amines is 1. The summed E-state index contributed by atoms with van der Waals surface area (Å²) in [7, 11) is 0. The fraction of sp³-hybridized carbons (Fsp3) is 0.643. The maximum absolute atomic E-state index is 12.1. The quantitative estimate of drug-likeness (QED) is 0.724. The largest absolute Gasteiger partial charge is 0.388 e. The van der Waals surface area contributed by atoms with Crippen molar-refractivity contribution in [3.63, 3.8) is 0 Å². The van der Waals surface area contributed by atoms with Gasteiger partial charge in [-0.15, -0.1) is 5.10 Å². The molecule has 3 rings (SSSR count). The van der Waals surface area contributed by atoms with Crippen LogP contribution in [0.1, 0.15) is 39.8 Å². The number of hydrogen-bond acceptors (Lipinski definition) is 7. The molecule has 0 unspecified atom stereocenters. The van der Waals surface area contributed by atoms with Gasteiger partial charge in [0.05, 0.1) is 6.10 Å². The van der Waals surface area contributed by atoms with Crippen molar-refractivity contribution in [3.8, 4) is 0 Å². The number of hydrogen-bond donors (Lipinski definition) is 3. The molecule has 0 saturated carbocycles. The number of carbonyl (C=O) groups is 1.